The van der Waals surface area contributed by atoms with Gasteiger partial charge in [-0.1, -0.05) is 11.8 Å². The molecule has 8 heteroatoms. The fourth-order valence-electron chi connectivity index (χ4n) is 5.27. The van der Waals surface area contributed by atoms with E-state index >= 15 is 0 Å². The van der Waals surface area contributed by atoms with E-state index in [1.54, 1.807) is 29.1 Å². The van der Waals surface area contributed by atoms with Crippen molar-refractivity contribution in [1.82, 2.24) is 9.55 Å². The fourth-order valence-corrected chi connectivity index (χ4v) is 7.59. The van der Waals surface area contributed by atoms with Gasteiger partial charge in [0.15, 0.2) is 5.16 Å². The van der Waals surface area contributed by atoms with Crippen LogP contribution in [0.25, 0.3) is 21.2 Å². The second-order valence-corrected chi connectivity index (χ2v) is 11.1. The van der Waals surface area contributed by atoms with E-state index in [9.17, 15) is 9.59 Å². The van der Waals surface area contributed by atoms with E-state index in [1.807, 2.05) is 6.07 Å². The monoisotopic (exact) mass is 494 g/mol. The molecular formula is C26H26N2O4S2. The summed E-state index contributed by atoms with van der Waals surface area (Å²) in [4.78, 5) is 33.0. The van der Waals surface area contributed by atoms with Crippen molar-refractivity contribution in [2.24, 2.45) is 0 Å². The van der Waals surface area contributed by atoms with Crippen LogP contribution in [0.5, 0.6) is 0 Å². The predicted octanol–water partition coefficient (Wildman–Crippen LogP) is 4.87. The molecule has 0 spiro atoms. The molecule has 3 aromatic heterocycles. The average Bonchev–Trinajstić information content (AvgIpc) is 3.44. The van der Waals surface area contributed by atoms with Crippen molar-refractivity contribution < 1.29 is 9.15 Å². The SMILES string of the molecule is COCCn1c(SCc2cc(=O)oc3cc4c(cc23)CCC4)nc2sc3c(c2c1=O)CCCC3. The molecule has 1 aromatic carbocycles. The molecule has 2 aliphatic carbocycles. The summed E-state index contributed by atoms with van der Waals surface area (Å²) in [6, 6.07) is 5.79. The van der Waals surface area contributed by atoms with Gasteiger partial charge in [-0.2, -0.15) is 0 Å². The van der Waals surface area contributed by atoms with E-state index in [0.29, 0.717) is 29.6 Å². The summed E-state index contributed by atoms with van der Waals surface area (Å²) in [5.74, 6) is 0.539. The molecule has 4 aromatic rings. The standard InChI is InChI=1S/C26H26N2O4S2/c1-31-10-9-28-25(30)23-18-7-2-3-8-21(18)34-24(23)27-26(28)33-14-17-13-22(29)32-20-12-16-6-4-5-15(16)11-19(17)20/h11-13H,2-10,14H2,1H3. The lowest BCUT2D eigenvalue weighted by atomic mass is 9.97. The number of hydrogen-bond acceptors (Lipinski definition) is 7. The van der Waals surface area contributed by atoms with Crippen LogP contribution >= 0.6 is 23.1 Å². The van der Waals surface area contributed by atoms with E-state index in [0.717, 1.165) is 59.7 Å². The van der Waals surface area contributed by atoms with E-state index in [2.05, 4.69) is 6.07 Å². The molecule has 0 atom stereocenters. The van der Waals surface area contributed by atoms with Crippen LogP contribution in [0.15, 0.2) is 37.4 Å². The van der Waals surface area contributed by atoms with Crippen LogP contribution in [0.2, 0.25) is 0 Å². The number of aryl methyl sites for hydroxylation is 4. The van der Waals surface area contributed by atoms with Crippen molar-refractivity contribution in [3.8, 4) is 0 Å². The van der Waals surface area contributed by atoms with Gasteiger partial charge in [0.05, 0.1) is 18.5 Å². The lowest BCUT2D eigenvalue weighted by Crippen LogP contribution is -2.25. The number of methoxy groups -OCH3 is 1. The van der Waals surface area contributed by atoms with Crippen LogP contribution in [0.4, 0.5) is 0 Å². The Morgan fingerprint density at radius 2 is 1.91 bits per heavy atom. The molecule has 0 N–H and O–H groups in total. The first-order valence-electron chi connectivity index (χ1n) is 11.9. The maximum absolute atomic E-state index is 13.6. The highest BCUT2D eigenvalue weighted by molar-refractivity contribution is 7.98. The largest absolute Gasteiger partial charge is 0.423 e. The molecule has 34 heavy (non-hydrogen) atoms. The summed E-state index contributed by atoms with van der Waals surface area (Å²) in [6.45, 7) is 0.896. The number of aromatic nitrogens is 2. The fraction of sp³-hybridized carbons (Fsp3) is 0.423. The number of nitrogens with zero attached hydrogens (tertiary/aromatic N) is 2. The number of fused-ring (bicyclic) bond motifs is 5. The Morgan fingerprint density at radius 3 is 2.76 bits per heavy atom. The first-order chi connectivity index (χ1) is 16.6. The Labute approximate surface area is 205 Å². The Kier molecular flexibility index (Phi) is 5.83. The Balaban J connectivity index is 1.42. The van der Waals surface area contributed by atoms with E-state index in [-0.39, 0.29) is 11.2 Å². The summed E-state index contributed by atoms with van der Waals surface area (Å²) in [6.07, 6.45) is 7.53. The molecule has 0 radical (unpaired) electrons. The number of thiophene rings is 1. The van der Waals surface area contributed by atoms with Crippen molar-refractivity contribution in [1.29, 1.82) is 0 Å². The number of rotatable bonds is 6. The summed E-state index contributed by atoms with van der Waals surface area (Å²) in [5, 5.41) is 2.45. The highest BCUT2D eigenvalue weighted by Crippen LogP contribution is 2.36. The Morgan fingerprint density at radius 1 is 1.09 bits per heavy atom. The minimum absolute atomic E-state index is 0.0270. The first-order valence-corrected chi connectivity index (χ1v) is 13.7. The van der Waals surface area contributed by atoms with Crippen LogP contribution in [0, 0.1) is 0 Å². The normalized spacial score (nSPS) is 15.2. The van der Waals surface area contributed by atoms with Crippen molar-refractivity contribution in [2.75, 3.05) is 13.7 Å². The van der Waals surface area contributed by atoms with Gasteiger partial charge in [-0.15, -0.1) is 11.3 Å². The lowest BCUT2D eigenvalue weighted by molar-refractivity contribution is 0.183. The minimum Gasteiger partial charge on any atom is -0.423 e. The van der Waals surface area contributed by atoms with Gasteiger partial charge in [-0.3, -0.25) is 9.36 Å². The topological polar surface area (TPSA) is 74.3 Å². The van der Waals surface area contributed by atoms with Crippen LogP contribution < -0.4 is 11.2 Å². The number of hydrogen-bond donors (Lipinski definition) is 0. The zero-order valence-electron chi connectivity index (χ0n) is 19.1. The summed E-state index contributed by atoms with van der Waals surface area (Å²) in [7, 11) is 1.64. The smallest absolute Gasteiger partial charge is 0.336 e. The zero-order chi connectivity index (χ0) is 23.2. The molecule has 0 aliphatic heterocycles. The number of thioether (sulfide) groups is 1. The van der Waals surface area contributed by atoms with Gasteiger partial charge >= 0.3 is 5.63 Å². The zero-order valence-corrected chi connectivity index (χ0v) is 20.8. The van der Waals surface area contributed by atoms with Gasteiger partial charge in [0, 0.05) is 29.2 Å². The van der Waals surface area contributed by atoms with Gasteiger partial charge in [0.1, 0.15) is 10.4 Å². The molecular weight excluding hydrogens is 468 g/mol. The van der Waals surface area contributed by atoms with E-state index in [4.69, 9.17) is 14.1 Å². The second-order valence-electron chi connectivity index (χ2n) is 9.08. The minimum atomic E-state index is -0.341. The predicted molar refractivity (Wildman–Crippen MR) is 136 cm³/mol. The molecule has 6 nitrogen and oxygen atoms in total. The van der Waals surface area contributed by atoms with E-state index in [1.165, 1.54) is 39.8 Å². The third kappa shape index (κ3) is 3.82. The van der Waals surface area contributed by atoms with Crippen molar-refractivity contribution in [2.45, 2.75) is 62.4 Å². The van der Waals surface area contributed by atoms with Gasteiger partial charge < -0.3 is 9.15 Å². The van der Waals surface area contributed by atoms with Crippen LogP contribution in [-0.4, -0.2) is 23.3 Å². The molecule has 2 aliphatic rings. The lowest BCUT2D eigenvalue weighted by Gasteiger charge is -2.14. The van der Waals surface area contributed by atoms with Gasteiger partial charge in [-0.25, -0.2) is 9.78 Å². The molecule has 3 heterocycles. The van der Waals surface area contributed by atoms with Gasteiger partial charge in [-0.05, 0) is 79.3 Å². The average molecular weight is 495 g/mol. The van der Waals surface area contributed by atoms with E-state index < -0.39 is 0 Å². The third-order valence-electron chi connectivity index (χ3n) is 6.96. The summed E-state index contributed by atoms with van der Waals surface area (Å²) in [5.41, 5.74) is 5.08. The van der Waals surface area contributed by atoms with Crippen LogP contribution in [0.1, 0.15) is 46.4 Å². The molecule has 0 bridgehead atoms. The van der Waals surface area contributed by atoms with Crippen LogP contribution in [0.3, 0.4) is 0 Å². The molecule has 0 amide bonds. The molecule has 0 saturated carbocycles. The Hall–Kier alpha value is -2.42. The van der Waals surface area contributed by atoms with Crippen LogP contribution in [-0.2, 0) is 42.7 Å². The highest BCUT2D eigenvalue weighted by Gasteiger charge is 2.23. The number of ether oxygens (including phenoxy) is 1. The molecule has 0 unspecified atom stereocenters. The third-order valence-corrected chi connectivity index (χ3v) is 9.17. The molecule has 0 saturated heterocycles. The van der Waals surface area contributed by atoms with Crippen molar-refractivity contribution in [3.63, 3.8) is 0 Å². The van der Waals surface area contributed by atoms with Gasteiger partial charge in [0.25, 0.3) is 5.56 Å². The van der Waals surface area contributed by atoms with Crippen molar-refractivity contribution >= 4 is 44.3 Å². The molecule has 6 rings (SSSR count). The second kappa shape index (κ2) is 8.98. The first kappa shape index (κ1) is 22.1. The maximum atomic E-state index is 13.6. The maximum Gasteiger partial charge on any atom is 0.336 e. The highest BCUT2D eigenvalue weighted by atomic mass is 32.2. The van der Waals surface area contributed by atoms with Gasteiger partial charge in [0.2, 0.25) is 0 Å². The summed E-state index contributed by atoms with van der Waals surface area (Å²) < 4.78 is 12.6. The van der Waals surface area contributed by atoms with Crippen molar-refractivity contribution in [3.05, 3.63) is 66.1 Å². The quantitative estimate of drug-likeness (QED) is 0.216. The molecule has 176 valence electrons. The summed E-state index contributed by atoms with van der Waals surface area (Å²) >= 11 is 3.17. The molecule has 0 fully saturated rings. The Bertz CT molecular complexity index is 1530. The number of benzene rings is 1.